The predicted molar refractivity (Wildman–Crippen MR) is 78.0 cm³/mol. The fourth-order valence-corrected chi connectivity index (χ4v) is 2.90. The molecule has 3 nitrogen and oxygen atoms in total. The summed E-state index contributed by atoms with van der Waals surface area (Å²) in [4.78, 5) is 12.1. The van der Waals surface area contributed by atoms with Crippen LogP contribution in [0.5, 0.6) is 0 Å². The monoisotopic (exact) mass is 371 g/mol. The van der Waals surface area contributed by atoms with Crippen molar-refractivity contribution in [1.29, 1.82) is 0 Å². The van der Waals surface area contributed by atoms with E-state index >= 15 is 0 Å². The Bertz CT molecular complexity index is 582. The maximum Gasteiger partial charge on any atom is 0.260 e. The van der Waals surface area contributed by atoms with Crippen LogP contribution in [0.1, 0.15) is 21.5 Å². The first kappa shape index (κ1) is 13.4. The van der Waals surface area contributed by atoms with E-state index in [9.17, 15) is 4.79 Å². The zero-order valence-electron chi connectivity index (χ0n) is 9.88. The van der Waals surface area contributed by atoms with E-state index in [0.717, 1.165) is 21.3 Å². The highest BCUT2D eigenvalue weighted by Gasteiger charge is 2.15. The van der Waals surface area contributed by atoms with Crippen molar-refractivity contribution in [3.63, 3.8) is 0 Å². The minimum Gasteiger partial charge on any atom is -0.457 e. The SMILES string of the molecule is Cc1cc(C)c(NC(=O)c2ccoc2Br)c(Br)c1. The Hall–Kier alpha value is -1.07. The summed E-state index contributed by atoms with van der Waals surface area (Å²) in [5, 5.41) is 2.87. The average Bonchev–Trinajstić information content (AvgIpc) is 2.69. The highest BCUT2D eigenvalue weighted by atomic mass is 79.9. The maximum atomic E-state index is 12.1. The molecule has 0 aliphatic rings. The molecular formula is C13H11Br2NO2. The molecule has 0 saturated carbocycles. The Kier molecular flexibility index (Phi) is 3.92. The molecule has 2 rings (SSSR count). The third kappa shape index (κ3) is 2.67. The molecule has 0 aliphatic carbocycles. The first-order valence-electron chi connectivity index (χ1n) is 5.30. The number of amides is 1. The number of hydrogen-bond acceptors (Lipinski definition) is 2. The van der Waals surface area contributed by atoms with Crippen LogP contribution in [-0.2, 0) is 0 Å². The van der Waals surface area contributed by atoms with E-state index in [-0.39, 0.29) is 5.91 Å². The molecule has 94 valence electrons. The van der Waals surface area contributed by atoms with Crippen molar-refractivity contribution >= 4 is 43.5 Å². The van der Waals surface area contributed by atoms with E-state index in [2.05, 4.69) is 37.2 Å². The van der Waals surface area contributed by atoms with Gasteiger partial charge in [-0.1, -0.05) is 6.07 Å². The number of carbonyl (C=O) groups excluding carboxylic acids is 1. The van der Waals surface area contributed by atoms with E-state index in [1.54, 1.807) is 6.07 Å². The van der Waals surface area contributed by atoms with E-state index in [0.29, 0.717) is 10.2 Å². The number of anilines is 1. The lowest BCUT2D eigenvalue weighted by molar-refractivity contribution is 0.102. The zero-order valence-corrected chi connectivity index (χ0v) is 13.1. The Labute approximate surface area is 122 Å². The Morgan fingerprint density at radius 2 is 2.00 bits per heavy atom. The topological polar surface area (TPSA) is 42.2 Å². The van der Waals surface area contributed by atoms with Gasteiger partial charge < -0.3 is 9.73 Å². The van der Waals surface area contributed by atoms with Gasteiger partial charge in [-0.3, -0.25) is 4.79 Å². The van der Waals surface area contributed by atoms with Crippen molar-refractivity contribution in [2.24, 2.45) is 0 Å². The summed E-state index contributed by atoms with van der Waals surface area (Å²) >= 11 is 6.65. The van der Waals surface area contributed by atoms with Gasteiger partial charge in [0.2, 0.25) is 0 Å². The first-order valence-corrected chi connectivity index (χ1v) is 6.88. The smallest absolute Gasteiger partial charge is 0.260 e. The summed E-state index contributed by atoms with van der Waals surface area (Å²) in [6, 6.07) is 5.61. The highest BCUT2D eigenvalue weighted by molar-refractivity contribution is 9.10. The molecule has 2 aromatic rings. The van der Waals surface area contributed by atoms with E-state index in [1.165, 1.54) is 6.26 Å². The minimum absolute atomic E-state index is 0.205. The molecule has 0 spiro atoms. The highest BCUT2D eigenvalue weighted by Crippen LogP contribution is 2.29. The van der Waals surface area contributed by atoms with Gasteiger partial charge >= 0.3 is 0 Å². The van der Waals surface area contributed by atoms with Crippen LogP contribution >= 0.6 is 31.9 Å². The average molecular weight is 373 g/mol. The van der Waals surface area contributed by atoms with Gasteiger partial charge in [-0.15, -0.1) is 0 Å². The van der Waals surface area contributed by atoms with Gasteiger partial charge in [-0.25, -0.2) is 0 Å². The number of hydrogen-bond donors (Lipinski definition) is 1. The summed E-state index contributed by atoms with van der Waals surface area (Å²) in [5.74, 6) is -0.205. The maximum absolute atomic E-state index is 12.1. The number of rotatable bonds is 2. The lowest BCUT2D eigenvalue weighted by atomic mass is 10.1. The number of nitrogens with one attached hydrogen (secondary N) is 1. The second kappa shape index (κ2) is 5.28. The van der Waals surface area contributed by atoms with Gasteiger partial charge in [0, 0.05) is 4.47 Å². The van der Waals surface area contributed by atoms with E-state index in [4.69, 9.17) is 4.42 Å². The molecule has 1 heterocycles. The first-order chi connectivity index (χ1) is 8.49. The van der Waals surface area contributed by atoms with Crippen molar-refractivity contribution in [3.05, 3.63) is 50.3 Å². The van der Waals surface area contributed by atoms with Gasteiger partial charge in [0.05, 0.1) is 17.5 Å². The molecule has 0 radical (unpaired) electrons. The van der Waals surface area contributed by atoms with Gasteiger partial charge in [-0.05, 0) is 69.0 Å². The Morgan fingerprint density at radius 1 is 1.28 bits per heavy atom. The molecule has 1 N–H and O–H groups in total. The Morgan fingerprint density at radius 3 is 2.56 bits per heavy atom. The summed E-state index contributed by atoms with van der Waals surface area (Å²) in [5.41, 5.74) is 3.40. The molecule has 0 saturated heterocycles. The number of halogens is 2. The minimum atomic E-state index is -0.205. The lowest BCUT2D eigenvalue weighted by Gasteiger charge is -2.11. The molecule has 0 atom stereocenters. The van der Waals surface area contributed by atoms with Crippen LogP contribution < -0.4 is 5.32 Å². The molecule has 0 unspecified atom stereocenters. The molecular weight excluding hydrogens is 362 g/mol. The number of carbonyl (C=O) groups is 1. The van der Waals surface area contributed by atoms with E-state index < -0.39 is 0 Å². The molecule has 0 aliphatic heterocycles. The quantitative estimate of drug-likeness (QED) is 0.831. The van der Waals surface area contributed by atoms with E-state index in [1.807, 2.05) is 26.0 Å². The Balaban J connectivity index is 2.31. The van der Waals surface area contributed by atoms with Crippen molar-refractivity contribution in [1.82, 2.24) is 0 Å². The molecule has 0 bridgehead atoms. The predicted octanol–water partition coefficient (Wildman–Crippen LogP) is 4.67. The van der Waals surface area contributed by atoms with Gasteiger partial charge in [0.15, 0.2) is 4.67 Å². The fourth-order valence-electron chi connectivity index (χ4n) is 1.71. The van der Waals surface area contributed by atoms with Crippen molar-refractivity contribution in [2.45, 2.75) is 13.8 Å². The van der Waals surface area contributed by atoms with Crippen LogP contribution in [0.2, 0.25) is 0 Å². The molecule has 18 heavy (non-hydrogen) atoms. The molecule has 1 aromatic carbocycles. The van der Waals surface area contributed by atoms with Crippen LogP contribution in [0, 0.1) is 13.8 Å². The van der Waals surface area contributed by atoms with Crippen LogP contribution in [0.25, 0.3) is 0 Å². The standard InChI is InChI=1S/C13H11Br2NO2/c1-7-5-8(2)11(10(14)6-7)16-13(17)9-3-4-18-12(9)15/h3-6H,1-2H3,(H,16,17). The molecule has 1 amide bonds. The fraction of sp³-hybridized carbons (Fsp3) is 0.154. The third-order valence-electron chi connectivity index (χ3n) is 2.53. The third-order valence-corrected chi connectivity index (χ3v) is 3.77. The van der Waals surface area contributed by atoms with Crippen molar-refractivity contribution in [2.75, 3.05) is 5.32 Å². The van der Waals surface area contributed by atoms with Gasteiger partial charge in [-0.2, -0.15) is 0 Å². The van der Waals surface area contributed by atoms with Crippen molar-refractivity contribution < 1.29 is 9.21 Å². The summed E-state index contributed by atoms with van der Waals surface area (Å²) in [7, 11) is 0. The van der Waals surface area contributed by atoms with Crippen LogP contribution in [0.4, 0.5) is 5.69 Å². The number of aryl methyl sites for hydroxylation is 2. The van der Waals surface area contributed by atoms with Gasteiger partial charge in [0.1, 0.15) is 0 Å². The van der Waals surface area contributed by atoms with Crippen LogP contribution in [0.3, 0.4) is 0 Å². The summed E-state index contributed by atoms with van der Waals surface area (Å²) in [6.45, 7) is 3.97. The zero-order chi connectivity index (χ0) is 13.3. The summed E-state index contributed by atoms with van der Waals surface area (Å²) < 4.78 is 6.35. The van der Waals surface area contributed by atoms with Crippen molar-refractivity contribution in [3.8, 4) is 0 Å². The van der Waals surface area contributed by atoms with Crippen LogP contribution in [-0.4, -0.2) is 5.91 Å². The number of furan rings is 1. The second-order valence-corrected chi connectivity index (χ2v) is 5.58. The molecule has 5 heteroatoms. The second-order valence-electron chi connectivity index (χ2n) is 4.00. The normalized spacial score (nSPS) is 10.4. The largest absolute Gasteiger partial charge is 0.457 e. The number of benzene rings is 1. The van der Waals surface area contributed by atoms with Crippen LogP contribution in [0.15, 0.2) is 38.0 Å². The van der Waals surface area contributed by atoms with Gasteiger partial charge in [0.25, 0.3) is 5.91 Å². The molecule has 0 fully saturated rings. The molecule has 1 aromatic heterocycles. The lowest BCUT2D eigenvalue weighted by Crippen LogP contribution is -2.13. The summed E-state index contributed by atoms with van der Waals surface area (Å²) in [6.07, 6.45) is 1.47.